The molecule has 1 atom stereocenters. The average molecular weight is 465 g/mol. The van der Waals surface area contributed by atoms with Gasteiger partial charge in [-0.3, -0.25) is 9.59 Å². The van der Waals surface area contributed by atoms with E-state index in [0.717, 1.165) is 24.0 Å². The first kappa shape index (κ1) is 23.8. The minimum Gasteiger partial charge on any atom is -0.481 e. The van der Waals surface area contributed by atoms with Crippen molar-refractivity contribution in [3.8, 4) is 11.1 Å². The van der Waals surface area contributed by atoms with Crippen molar-refractivity contribution in [3.05, 3.63) is 59.7 Å². The number of unbranched alkanes of at least 4 members (excludes halogenated alkanes) is 1. The number of fused-ring (bicyclic) bond motifs is 3. The summed E-state index contributed by atoms with van der Waals surface area (Å²) in [5.41, 5.74) is 4.62. The molecule has 2 aromatic rings. The van der Waals surface area contributed by atoms with Gasteiger partial charge in [0.05, 0.1) is 0 Å². The third kappa shape index (κ3) is 5.41. The Balaban J connectivity index is 1.36. The van der Waals surface area contributed by atoms with E-state index in [-0.39, 0.29) is 30.8 Å². The third-order valence-electron chi connectivity index (χ3n) is 6.74. The molecule has 0 bridgehead atoms. The van der Waals surface area contributed by atoms with Crippen LogP contribution in [0, 0.1) is 5.92 Å². The maximum atomic E-state index is 13.1. The van der Waals surface area contributed by atoms with Crippen molar-refractivity contribution in [1.29, 1.82) is 0 Å². The predicted molar refractivity (Wildman–Crippen MR) is 128 cm³/mol. The number of carboxylic acid groups (broad SMARTS) is 1. The molecule has 2 amide bonds. The molecular formula is C27H32N2O5. The molecule has 0 saturated heterocycles. The first-order valence-electron chi connectivity index (χ1n) is 12.1. The molecule has 1 unspecified atom stereocenters. The zero-order valence-electron chi connectivity index (χ0n) is 19.5. The van der Waals surface area contributed by atoms with Crippen LogP contribution in [-0.4, -0.2) is 53.7 Å². The van der Waals surface area contributed by atoms with Gasteiger partial charge < -0.3 is 20.1 Å². The van der Waals surface area contributed by atoms with Gasteiger partial charge in [-0.15, -0.1) is 0 Å². The lowest BCUT2D eigenvalue weighted by atomic mass is 9.98. The van der Waals surface area contributed by atoms with Crippen molar-refractivity contribution in [2.24, 2.45) is 5.92 Å². The number of aliphatic carboxylic acids is 1. The van der Waals surface area contributed by atoms with Crippen molar-refractivity contribution in [2.75, 3.05) is 19.7 Å². The number of benzene rings is 2. The van der Waals surface area contributed by atoms with Crippen LogP contribution in [0.3, 0.4) is 0 Å². The molecule has 7 nitrogen and oxygen atoms in total. The number of hydrogen-bond donors (Lipinski definition) is 2. The number of carbonyl (C=O) groups excluding carboxylic acids is 2. The Kier molecular flexibility index (Phi) is 7.50. The molecule has 4 rings (SSSR count). The molecule has 1 fully saturated rings. The number of likely N-dealkylation sites (N-methyl/N-ethyl adjacent to an activating group) is 1. The van der Waals surface area contributed by atoms with E-state index < -0.39 is 18.1 Å². The van der Waals surface area contributed by atoms with Crippen LogP contribution >= 0.6 is 0 Å². The maximum Gasteiger partial charge on any atom is 0.407 e. The Hall–Kier alpha value is -3.35. The third-order valence-corrected chi connectivity index (χ3v) is 6.74. The monoisotopic (exact) mass is 464 g/mol. The Morgan fingerprint density at radius 2 is 1.65 bits per heavy atom. The van der Waals surface area contributed by atoms with Crippen LogP contribution < -0.4 is 5.32 Å². The zero-order valence-corrected chi connectivity index (χ0v) is 19.5. The summed E-state index contributed by atoms with van der Waals surface area (Å²) in [7, 11) is 0. The second-order valence-electron chi connectivity index (χ2n) is 9.05. The summed E-state index contributed by atoms with van der Waals surface area (Å²) in [6.45, 7) is 3.10. The molecule has 1 saturated carbocycles. The number of amides is 2. The SMILES string of the molecule is CCN(CCCCC(=O)O)C(=O)C(NC(=O)OCC1c2ccccc2-c2ccccc21)C1CC1. The summed E-state index contributed by atoms with van der Waals surface area (Å²) in [5.74, 6) is -0.855. The van der Waals surface area contributed by atoms with Crippen molar-refractivity contribution in [2.45, 2.75) is 51.0 Å². The van der Waals surface area contributed by atoms with Crippen molar-refractivity contribution < 1.29 is 24.2 Å². The normalized spacial score (nSPS) is 15.2. The number of alkyl carbamates (subject to hydrolysis) is 1. The van der Waals surface area contributed by atoms with E-state index in [1.807, 2.05) is 31.2 Å². The standard InChI is InChI=1S/C27H32N2O5/c1-2-29(16-8-7-13-24(30)31)26(32)25(18-14-15-18)28-27(33)34-17-23-21-11-5-3-9-19(21)20-10-4-6-12-22(20)23/h3-6,9-12,18,23,25H,2,7-8,13-17H2,1H3,(H,28,33)(H,30,31). The quantitative estimate of drug-likeness (QED) is 0.481. The molecule has 2 N–H and O–H groups in total. The lowest BCUT2D eigenvalue weighted by Crippen LogP contribution is -2.50. The molecule has 0 spiro atoms. The second-order valence-corrected chi connectivity index (χ2v) is 9.05. The van der Waals surface area contributed by atoms with Gasteiger partial charge in [0.2, 0.25) is 5.91 Å². The van der Waals surface area contributed by atoms with Gasteiger partial charge in [-0.25, -0.2) is 4.79 Å². The van der Waals surface area contributed by atoms with E-state index in [1.165, 1.54) is 11.1 Å². The lowest BCUT2D eigenvalue weighted by molar-refractivity contribution is -0.137. The van der Waals surface area contributed by atoms with E-state index in [4.69, 9.17) is 9.84 Å². The molecule has 0 radical (unpaired) electrons. The van der Waals surface area contributed by atoms with Crippen molar-refractivity contribution >= 4 is 18.0 Å². The summed E-state index contributed by atoms with van der Waals surface area (Å²) < 4.78 is 5.65. The van der Waals surface area contributed by atoms with E-state index in [1.54, 1.807) is 4.90 Å². The highest BCUT2D eigenvalue weighted by Crippen LogP contribution is 2.44. The largest absolute Gasteiger partial charge is 0.481 e. The summed E-state index contributed by atoms with van der Waals surface area (Å²) in [4.78, 5) is 38.3. The maximum absolute atomic E-state index is 13.1. The van der Waals surface area contributed by atoms with Crippen LogP contribution in [0.2, 0.25) is 0 Å². The van der Waals surface area contributed by atoms with Gasteiger partial charge in [0.1, 0.15) is 12.6 Å². The fourth-order valence-electron chi connectivity index (χ4n) is 4.78. The first-order chi connectivity index (χ1) is 16.5. The molecule has 2 aliphatic rings. The molecule has 0 aliphatic heterocycles. The van der Waals surface area contributed by atoms with Crippen LogP contribution in [0.25, 0.3) is 11.1 Å². The van der Waals surface area contributed by atoms with Gasteiger partial charge in [0.25, 0.3) is 0 Å². The van der Waals surface area contributed by atoms with Gasteiger partial charge >= 0.3 is 12.1 Å². The van der Waals surface area contributed by atoms with Gasteiger partial charge in [-0.1, -0.05) is 48.5 Å². The summed E-state index contributed by atoms with van der Waals surface area (Å²) in [5, 5.41) is 11.6. The zero-order chi connectivity index (χ0) is 24.1. The van der Waals surface area contributed by atoms with Crippen LogP contribution in [0.4, 0.5) is 4.79 Å². The van der Waals surface area contributed by atoms with E-state index in [9.17, 15) is 14.4 Å². The van der Waals surface area contributed by atoms with Crippen LogP contribution in [0.1, 0.15) is 56.1 Å². The number of rotatable bonds is 11. The molecule has 2 aromatic carbocycles. The Morgan fingerprint density at radius 1 is 1.03 bits per heavy atom. The van der Waals surface area contributed by atoms with Gasteiger partial charge in [0.15, 0.2) is 0 Å². The topological polar surface area (TPSA) is 95.9 Å². The summed E-state index contributed by atoms with van der Waals surface area (Å²) >= 11 is 0. The van der Waals surface area contributed by atoms with Gasteiger partial charge in [0, 0.05) is 25.4 Å². The molecule has 180 valence electrons. The first-order valence-corrected chi connectivity index (χ1v) is 12.1. The number of nitrogens with zero attached hydrogens (tertiary/aromatic N) is 1. The number of nitrogens with one attached hydrogen (secondary N) is 1. The fraction of sp³-hybridized carbons (Fsp3) is 0.444. The number of carboxylic acids is 1. The highest BCUT2D eigenvalue weighted by Gasteiger charge is 2.39. The lowest BCUT2D eigenvalue weighted by Gasteiger charge is -2.27. The van der Waals surface area contributed by atoms with Crippen molar-refractivity contribution in [3.63, 3.8) is 0 Å². The Labute approximate surface area is 200 Å². The minimum absolute atomic E-state index is 0.0328. The number of ether oxygens (including phenoxy) is 1. The van der Waals surface area contributed by atoms with E-state index >= 15 is 0 Å². The van der Waals surface area contributed by atoms with Crippen molar-refractivity contribution in [1.82, 2.24) is 10.2 Å². The van der Waals surface area contributed by atoms with Gasteiger partial charge in [-0.2, -0.15) is 0 Å². The fourth-order valence-corrected chi connectivity index (χ4v) is 4.78. The molecule has 7 heteroatoms. The van der Waals surface area contributed by atoms with E-state index in [0.29, 0.717) is 25.9 Å². The second kappa shape index (κ2) is 10.7. The number of hydrogen-bond acceptors (Lipinski definition) is 4. The molecule has 34 heavy (non-hydrogen) atoms. The molecule has 0 heterocycles. The number of carbonyl (C=O) groups is 3. The molecular weight excluding hydrogens is 432 g/mol. The Bertz CT molecular complexity index is 1000. The summed E-state index contributed by atoms with van der Waals surface area (Å²) in [6, 6.07) is 15.7. The average Bonchev–Trinajstić information content (AvgIpc) is 3.63. The molecule has 0 aromatic heterocycles. The Morgan fingerprint density at radius 3 is 2.21 bits per heavy atom. The predicted octanol–water partition coefficient (Wildman–Crippen LogP) is 4.41. The van der Waals surface area contributed by atoms with E-state index in [2.05, 4.69) is 29.6 Å². The van der Waals surface area contributed by atoms with Gasteiger partial charge in [-0.05, 0) is 60.8 Å². The van der Waals surface area contributed by atoms with Crippen LogP contribution in [-0.2, 0) is 14.3 Å². The summed E-state index contributed by atoms with van der Waals surface area (Å²) in [6.07, 6.45) is 2.46. The van der Waals surface area contributed by atoms with Crippen LogP contribution in [0.15, 0.2) is 48.5 Å². The minimum atomic E-state index is -0.831. The molecule has 2 aliphatic carbocycles. The highest BCUT2D eigenvalue weighted by atomic mass is 16.5. The highest BCUT2D eigenvalue weighted by molar-refractivity contribution is 5.86. The van der Waals surface area contributed by atoms with Crippen LogP contribution in [0.5, 0.6) is 0 Å². The smallest absolute Gasteiger partial charge is 0.407 e.